The minimum Gasteiger partial charge on any atom is -0.444 e. The summed E-state index contributed by atoms with van der Waals surface area (Å²) in [6.07, 6.45) is 6.66. The first-order valence-corrected chi connectivity index (χ1v) is 8.77. The Bertz CT molecular complexity index is 470. The predicted octanol–water partition coefficient (Wildman–Crippen LogP) is 3.68. The van der Waals surface area contributed by atoms with E-state index in [0.29, 0.717) is 0 Å². The molecule has 1 atom stereocenters. The number of nitrogens with two attached hydrogens (primary N) is 1. The maximum Gasteiger partial charge on any atom is 0.410 e. The van der Waals surface area contributed by atoms with E-state index in [1.807, 2.05) is 25.7 Å². The lowest BCUT2D eigenvalue weighted by Gasteiger charge is -2.48. The third-order valence-electron chi connectivity index (χ3n) is 5.90. The monoisotopic (exact) mass is 308 g/mol. The SMILES string of the molecule is CC1(C)CCC(C2(C3(N)CC3)CC2)N(C(=O)OC(C)(C)C)C1. The minimum atomic E-state index is -0.445. The normalized spacial score (nSPS) is 31.5. The number of carbonyl (C=O) groups is 1. The van der Waals surface area contributed by atoms with Gasteiger partial charge in [0.25, 0.3) is 0 Å². The van der Waals surface area contributed by atoms with E-state index in [1.54, 1.807) is 0 Å². The first kappa shape index (κ1) is 16.1. The van der Waals surface area contributed by atoms with Gasteiger partial charge in [-0.25, -0.2) is 4.79 Å². The first-order chi connectivity index (χ1) is 9.98. The zero-order valence-electron chi connectivity index (χ0n) is 14.9. The predicted molar refractivity (Wildman–Crippen MR) is 87.6 cm³/mol. The average Bonchev–Trinajstić information content (AvgIpc) is 3.22. The van der Waals surface area contributed by atoms with Gasteiger partial charge in [-0.15, -0.1) is 0 Å². The van der Waals surface area contributed by atoms with Crippen LogP contribution in [0.3, 0.4) is 0 Å². The van der Waals surface area contributed by atoms with Crippen molar-refractivity contribution in [2.75, 3.05) is 6.54 Å². The van der Waals surface area contributed by atoms with Crippen molar-refractivity contribution >= 4 is 6.09 Å². The molecule has 2 aliphatic carbocycles. The first-order valence-electron chi connectivity index (χ1n) is 8.77. The molecular formula is C18H32N2O2. The maximum absolute atomic E-state index is 12.8. The second-order valence-corrected chi connectivity index (χ2v) is 9.64. The van der Waals surface area contributed by atoms with Crippen LogP contribution in [0.25, 0.3) is 0 Å². The van der Waals surface area contributed by atoms with E-state index in [4.69, 9.17) is 10.5 Å². The molecule has 4 heteroatoms. The van der Waals surface area contributed by atoms with Gasteiger partial charge in [0.1, 0.15) is 5.60 Å². The van der Waals surface area contributed by atoms with Gasteiger partial charge in [0.2, 0.25) is 0 Å². The number of ether oxygens (including phenoxy) is 1. The molecule has 126 valence electrons. The number of piperidine rings is 1. The van der Waals surface area contributed by atoms with Crippen LogP contribution in [0.2, 0.25) is 0 Å². The molecule has 2 N–H and O–H groups in total. The van der Waals surface area contributed by atoms with Crippen molar-refractivity contribution in [3.8, 4) is 0 Å². The molecule has 3 fully saturated rings. The van der Waals surface area contributed by atoms with E-state index in [-0.39, 0.29) is 28.5 Å². The van der Waals surface area contributed by atoms with Crippen molar-refractivity contribution in [1.29, 1.82) is 0 Å². The second-order valence-electron chi connectivity index (χ2n) is 9.64. The quantitative estimate of drug-likeness (QED) is 0.846. The molecule has 3 aliphatic rings. The zero-order chi connectivity index (χ0) is 16.4. The van der Waals surface area contributed by atoms with Gasteiger partial charge in [0, 0.05) is 23.5 Å². The number of nitrogens with zero attached hydrogens (tertiary/aromatic N) is 1. The fourth-order valence-corrected chi connectivity index (χ4v) is 4.35. The van der Waals surface area contributed by atoms with Crippen LogP contribution >= 0.6 is 0 Å². The summed E-state index contributed by atoms with van der Waals surface area (Å²) < 4.78 is 5.70. The van der Waals surface area contributed by atoms with Crippen molar-refractivity contribution < 1.29 is 9.53 Å². The molecule has 2 saturated carbocycles. The lowest BCUT2D eigenvalue weighted by atomic mass is 9.74. The van der Waals surface area contributed by atoms with Gasteiger partial charge >= 0.3 is 6.09 Å². The largest absolute Gasteiger partial charge is 0.444 e. The van der Waals surface area contributed by atoms with Crippen LogP contribution in [-0.2, 0) is 4.74 Å². The second kappa shape index (κ2) is 4.62. The summed E-state index contributed by atoms with van der Waals surface area (Å²) in [6, 6.07) is 0.267. The molecule has 1 unspecified atom stereocenters. The van der Waals surface area contributed by atoms with Crippen molar-refractivity contribution in [3.05, 3.63) is 0 Å². The molecule has 1 aliphatic heterocycles. The molecule has 1 amide bonds. The van der Waals surface area contributed by atoms with E-state index < -0.39 is 5.60 Å². The number of rotatable bonds is 2. The van der Waals surface area contributed by atoms with Gasteiger partial charge in [0.15, 0.2) is 0 Å². The Labute approximate surface area is 134 Å². The Morgan fingerprint density at radius 3 is 2.18 bits per heavy atom. The third-order valence-corrected chi connectivity index (χ3v) is 5.90. The Kier molecular flexibility index (Phi) is 3.38. The van der Waals surface area contributed by atoms with Crippen LogP contribution < -0.4 is 5.73 Å². The van der Waals surface area contributed by atoms with Crippen LogP contribution in [0.4, 0.5) is 4.79 Å². The minimum absolute atomic E-state index is 0.0145. The Morgan fingerprint density at radius 1 is 1.14 bits per heavy atom. The van der Waals surface area contributed by atoms with Crippen molar-refractivity contribution in [3.63, 3.8) is 0 Å². The van der Waals surface area contributed by atoms with E-state index >= 15 is 0 Å². The molecule has 0 aromatic heterocycles. The standard InChI is InChI=1S/C18H32N2O2/c1-15(2,3)22-14(21)20-12-16(4,5)7-6-13(20)17(8-9-17)18(19)10-11-18/h13H,6-12,19H2,1-5H3. The third kappa shape index (κ3) is 2.75. The molecule has 4 nitrogen and oxygen atoms in total. The smallest absolute Gasteiger partial charge is 0.410 e. The van der Waals surface area contributed by atoms with Gasteiger partial charge in [-0.1, -0.05) is 13.8 Å². The van der Waals surface area contributed by atoms with Crippen molar-refractivity contribution in [2.45, 2.75) is 90.3 Å². The number of hydrogen-bond acceptors (Lipinski definition) is 3. The molecule has 0 aromatic carbocycles. The number of carbonyl (C=O) groups excluding carboxylic acids is 1. The van der Waals surface area contributed by atoms with E-state index in [2.05, 4.69) is 13.8 Å². The average molecular weight is 308 g/mol. The highest BCUT2D eigenvalue weighted by Gasteiger charge is 2.68. The van der Waals surface area contributed by atoms with Gasteiger partial charge in [-0.2, -0.15) is 0 Å². The summed E-state index contributed by atoms with van der Waals surface area (Å²) in [7, 11) is 0. The van der Waals surface area contributed by atoms with Crippen LogP contribution in [-0.4, -0.2) is 34.7 Å². The lowest BCUT2D eigenvalue weighted by molar-refractivity contribution is -0.0262. The zero-order valence-corrected chi connectivity index (χ0v) is 14.9. The Hall–Kier alpha value is -0.770. The van der Waals surface area contributed by atoms with Crippen LogP contribution in [0.15, 0.2) is 0 Å². The lowest BCUT2D eigenvalue weighted by Crippen LogP contribution is -2.58. The van der Waals surface area contributed by atoms with Gasteiger partial charge in [-0.3, -0.25) is 0 Å². The van der Waals surface area contributed by atoms with E-state index in [9.17, 15) is 4.79 Å². The van der Waals surface area contributed by atoms with Crippen LogP contribution in [0.1, 0.15) is 73.1 Å². The van der Waals surface area contributed by atoms with Crippen molar-refractivity contribution in [1.82, 2.24) is 4.90 Å². The number of amides is 1. The highest BCUT2D eigenvalue weighted by Crippen LogP contribution is 2.67. The maximum atomic E-state index is 12.8. The summed E-state index contributed by atoms with van der Waals surface area (Å²) in [5.74, 6) is 0. The fourth-order valence-electron chi connectivity index (χ4n) is 4.35. The molecule has 3 rings (SSSR count). The molecule has 0 radical (unpaired) electrons. The Morgan fingerprint density at radius 2 is 1.73 bits per heavy atom. The molecule has 0 bridgehead atoms. The fraction of sp³-hybridized carbons (Fsp3) is 0.944. The Balaban J connectivity index is 1.83. The number of likely N-dealkylation sites (tertiary alicyclic amines) is 1. The van der Waals surface area contributed by atoms with E-state index in [1.165, 1.54) is 12.8 Å². The molecule has 0 spiro atoms. The summed E-state index contributed by atoms with van der Waals surface area (Å²) in [5, 5.41) is 0. The molecular weight excluding hydrogens is 276 g/mol. The summed E-state index contributed by atoms with van der Waals surface area (Å²) in [6.45, 7) is 11.1. The van der Waals surface area contributed by atoms with Crippen LogP contribution in [0, 0.1) is 10.8 Å². The summed E-state index contributed by atoms with van der Waals surface area (Å²) in [5.41, 5.74) is 6.47. The molecule has 1 heterocycles. The van der Waals surface area contributed by atoms with Gasteiger partial charge in [-0.05, 0) is 64.7 Å². The van der Waals surface area contributed by atoms with Crippen LogP contribution in [0.5, 0.6) is 0 Å². The molecule has 22 heavy (non-hydrogen) atoms. The van der Waals surface area contributed by atoms with Crippen molar-refractivity contribution in [2.24, 2.45) is 16.6 Å². The van der Waals surface area contributed by atoms with Gasteiger partial charge < -0.3 is 15.4 Å². The highest BCUT2D eigenvalue weighted by molar-refractivity contribution is 5.69. The number of hydrogen-bond donors (Lipinski definition) is 1. The highest BCUT2D eigenvalue weighted by atomic mass is 16.6. The van der Waals surface area contributed by atoms with E-state index in [0.717, 1.165) is 32.2 Å². The summed E-state index contributed by atoms with van der Waals surface area (Å²) in [4.78, 5) is 14.8. The molecule has 1 saturated heterocycles. The molecule has 0 aromatic rings. The topological polar surface area (TPSA) is 55.6 Å². The summed E-state index contributed by atoms with van der Waals surface area (Å²) >= 11 is 0. The van der Waals surface area contributed by atoms with Gasteiger partial charge in [0.05, 0.1) is 0 Å².